The minimum absolute atomic E-state index is 0.885. The summed E-state index contributed by atoms with van der Waals surface area (Å²) >= 11 is 0. The monoisotopic (exact) mass is 225 g/mol. The molecule has 0 radical (unpaired) electrons. The first kappa shape index (κ1) is 12.3. The lowest BCUT2D eigenvalue weighted by Gasteiger charge is -2.47. The van der Waals surface area contributed by atoms with Crippen molar-refractivity contribution in [3.63, 3.8) is 0 Å². The molecule has 0 aromatic rings. The Morgan fingerprint density at radius 1 is 1.12 bits per heavy atom. The summed E-state index contributed by atoms with van der Waals surface area (Å²) in [7, 11) is 2.08. The molecule has 2 rings (SSSR count). The summed E-state index contributed by atoms with van der Waals surface area (Å²) in [6, 6.07) is 0.885. The lowest BCUT2D eigenvalue weighted by molar-refractivity contribution is 0.0218. The van der Waals surface area contributed by atoms with E-state index in [4.69, 9.17) is 0 Å². The maximum Gasteiger partial charge on any atom is 0.0137 e. The Kier molecular flexibility index (Phi) is 4.62. The van der Waals surface area contributed by atoms with Crippen molar-refractivity contribution in [2.75, 3.05) is 46.3 Å². The van der Waals surface area contributed by atoms with Crippen LogP contribution in [-0.4, -0.2) is 62.2 Å². The smallest absolute Gasteiger partial charge is 0.0137 e. The van der Waals surface area contributed by atoms with E-state index in [2.05, 4.69) is 29.1 Å². The van der Waals surface area contributed by atoms with Crippen LogP contribution < -0.4 is 5.32 Å². The van der Waals surface area contributed by atoms with Gasteiger partial charge in [-0.3, -0.25) is 4.90 Å². The van der Waals surface area contributed by atoms with Gasteiger partial charge in [-0.15, -0.1) is 0 Å². The molecule has 0 bridgehead atoms. The molecule has 0 aromatic heterocycles. The van der Waals surface area contributed by atoms with E-state index in [9.17, 15) is 0 Å². The van der Waals surface area contributed by atoms with Crippen molar-refractivity contribution in [3.8, 4) is 0 Å². The fourth-order valence-corrected chi connectivity index (χ4v) is 3.17. The zero-order valence-electron chi connectivity index (χ0n) is 10.9. The first-order valence-electron chi connectivity index (χ1n) is 6.96. The minimum Gasteiger partial charge on any atom is -0.319 e. The summed E-state index contributed by atoms with van der Waals surface area (Å²) in [5.74, 6) is 0.919. The van der Waals surface area contributed by atoms with Crippen molar-refractivity contribution in [3.05, 3.63) is 0 Å². The van der Waals surface area contributed by atoms with Crippen molar-refractivity contribution in [1.82, 2.24) is 15.1 Å². The fourth-order valence-electron chi connectivity index (χ4n) is 3.17. The van der Waals surface area contributed by atoms with Gasteiger partial charge in [-0.05, 0) is 45.3 Å². The van der Waals surface area contributed by atoms with Crippen LogP contribution in [0.1, 0.15) is 26.2 Å². The van der Waals surface area contributed by atoms with Crippen molar-refractivity contribution < 1.29 is 0 Å². The van der Waals surface area contributed by atoms with Gasteiger partial charge in [-0.25, -0.2) is 0 Å². The molecule has 1 N–H and O–H groups in total. The maximum absolute atomic E-state index is 3.33. The number of piperazine rings is 1. The molecule has 1 saturated heterocycles. The summed E-state index contributed by atoms with van der Waals surface area (Å²) in [5, 5.41) is 3.33. The van der Waals surface area contributed by atoms with Crippen molar-refractivity contribution in [2.24, 2.45) is 5.92 Å². The Labute approximate surface area is 100 Å². The first-order chi connectivity index (χ1) is 7.85. The van der Waals surface area contributed by atoms with E-state index >= 15 is 0 Å². The molecule has 0 aromatic carbocycles. The van der Waals surface area contributed by atoms with Crippen LogP contribution in [0.4, 0.5) is 0 Å². The third-order valence-corrected chi connectivity index (χ3v) is 4.26. The minimum atomic E-state index is 0.885. The molecule has 2 atom stereocenters. The van der Waals surface area contributed by atoms with Gasteiger partial charge in [0.05, 0.1) is 0 Å². The van der Waals surface area contributed by atoms with E-state index in [-0.39, 0.29) is 0 Å². The van der Waals surface area contributed by atoms with Crippen LogP contribution in [0, 0.1) is 5.92 Å². The van der Waals surface area contributed by atoms with Gasteiger partial charge in [0.25, 0.3) is 0 Å². The summed E-state index contributed by atoms with van der Waals surface area (Å²) in [5.41, 5.74) is 0. The molecule has 2 unspecified atom stereocenters. The lowest BCUT2D eigenvalue weighted by Crippen LogP contribution is -2.56. The van der Waals surface area contributed by atoms with Gasteiger partial charge in [0.1, 0.15) is 0 Å². The molecule has 3 nitrogen and oxygen atoms in total. The summed E-state index contributed by atoms with van der Waals surface area (Å²) in [4.78, 5) is 5.35. The van der Waals surface area contributed by atoms with Crippen LogP contribution in [0.3, 0.4) is 0 Å². The second-order valence-electron chi connectivity index (χ2n) is 5.34. The van der Waals surface area contributed by atoms with Crippen LogP contribution in [-0.2, 0) is 0 Å². The lowest BCUT2D eigenvalue weighted by atomic mass is 9.78. The predicted molar refractivity (Wildman–Crippen MR) is 68.7 cm³/mol. The molecule has 16 heavy (non-hydrogen) atoms. The molecule has 94 valence electrons. The van der Waals surface area contributed by atoms with Crippen LogP contribution in [0.25, 0.3) is 0 Å². The Hall–Kier alpha value is -0.120. The van der Waals surface area contributed by atoms with Gasteiger partial charge in [-0.2, -0.15) is 0 Å². The van der Waals surface area contributed by atoms with Crippen molar-refractivity contribution >= 4 is 0 Å². The van der Waals surface area contributed by atoms with Gasteiger partial charge in [0.2, 0.25) is 0 Å². The molecule has 0 spiro atoms. The standard InChI is InChI=1S/C13H27N3/c1-3-6-15-7-9-16(10-8-15)13-5-4-12(13)11-14-2/h12-14H,3-11H2,1-2H3. The molecular formula is C13H27N3. The number of rotatable bonds is 5. The molecule has 1 heterocycles. The highest BCUT2D eigenvalue weighted by molar-refractivity contribution is 4.91. The summed E-state index contributed by atoms with van der Waals surface area (Å²) < 4.78 is 0. The molecule has 0 amide bonds. The quantitative estimate of drug-likeness (QED) is 0.753. The van der Waals surface area contributed by atoms with Crippen LogP contribution in [0.2, 0.25) is 0 Å². The average Bonchev–Trinajstić information content (AvgIpc) is 2.27. The Bertz CT molecular complexity index is 199. The van der Waals surface area contributed by atoms with E-state index in [0.717, 1.165) is 12.0 Å². The fraction of sp³-hybridized carbons (Fsp3) is 1.00. The molecule has 1 aliphatic carbocycles. The van der Waals surface area contributed by atoms with E-state index < -0.39 is 0 Å². The Morgan fingerprint density at radius 3 is 2.38 bits per heavy atom. The van der Waals surface area contributed by atoms with Gasteiger partial charge in [0, 0.05) is 32.2 Å². The van der Waals surface area contributed by atoms with Crippen molar-refractivity contribution in [1.29, 1.82) is 0 Å². The highest BCUT2D eigenvalue weighted by atomic mass is 15.3. The van der Waals surface area contributed by atoms with Gasteiger partial charge in [0.15, 0.2) is 0 Å². The first-order valence-corrected chi connectivity index (χ1v) is 6.96. The normalized spacial score (nSPS) is 32.6. The zero-order chi connectivity index (χ0) is 11.4. The second-order valence-corrected chi connectivity index (χ2v) is 5.34. The topological polar surface area (TPSA) is 18.5 Å². The predicted octanol–water partition coefficient (Wildman–Crippen LogP) is 1.01. The largest absolute Gasteiger partial charge is 0.319 e. The zero-order valence-corrected chi connectivity index (χ0v) is 10.9. The van der Waals surface area contributed by atoms with Gasteiger partial charge >= 0.3 is 0 Å². The SMILES string of the molecule is CCCN1CCN(C2CCC2CNC)CC1. The van der Waals surface area contributed by atoms with E-state index in [1.54, 1.807) is 0 Å². The highest BCUT2D eigenvalue weighted by Gasteiger charge is 2.35. The molecule has 2 fully saturated rings. The molecule has 2 aliphatic rings. The van der Waals surface area contributed by atoms with E-state index in [1.165, 1.54) is 58.5 Å². The van der Waals surface area contributed by atoms with Crippen LogP contribution in [0.15, 0.2) is 0 Å². The highest BCUT2D eigenvalue weighted by Crippen LogP contribution is 2.32. The van der Waals surface area contributed by atoms with Crippen molar-refractivity contribution in [2.45, 2.75) is 32.2 Å². The average molecular weight is 225 g/mol. The summed E-state index contributed by atoms with van der Waals surface area (Å²) in [6.45, 7) is 9.95. The molecule has 3 heteroatoms. The molecule has 1 aliphatic heterocycles. The molecule has 1 saturated carbocycles. The second kappa shape index (κ2) is 5.99. The number of hydrogen-bond donors (Lipinski definition) is 1. The Balaban J connectivity index is 1.72. The third-order valence-electron chi connectivity index (χ3n) is 4.26. The van der Waals surface area contributed by atoms with Crippen LogP contribution in [0.5, 0.6) is 0 Å². The van der Waals surface area contributed by atoms with Gasteiger partial charge in [-0.1, -0.05) is 6.92 Å². The maximum atomic E-state index is 3.33. The van der Waals surface area contributed by atoms with E-state index in [0.29, 0.717) is 0 Å². The Morgan fingerprint density at radius 2 is 1.88 bits per heavy atom. The summed E-state index contributed by atoms with van der Waals surface area (Å²) in [6.07, 6.45) is 4.16. The molecular weight excluding hydrogens is 198 g/mol. The number of nitrogens with one attached hydrogen (secondary N) is 1. The van der Waals surface area contributed by atoms with Gasteiger partial charge < -0.3 is 10.2 Å². The number of hydrogen-bond acceptors (Lipinski definition) is 3. The third kappa shape index (κ3) is 2.76. The van der Waals surface area contributed by atoms with Crippen LogP contribution >= 0.6 is 0 Å². The number of nitrogens with zero attached hydrogens (tertiary/aromatic N) is 2. The van der Waals surface area contributed by atoms with E-state index in [1.807, 2.05) is 0 Å².